The van der Waals surface area contributed by atoms with Gasteiger partial charge in [-0.25, -0.2) is 0 Å². The number of aromatic hydroxyl groups is 1. The Morgan fingerprint density at radius 1 is 0.630 bits per heavy atom. The number of ether oxygens (including phenoxy) is 2. The maximum Gasteiger partial charge on any atom is 0.306 e. The predicted molar refractivity (Wildman–Crippen MR) is 191 cm³/mol. The van der Waals surface area contributed by atoms with Gasteiger partial charge < -0.3 is 14.6 Å². The van der Waals surface area contributed by atoms with Crippen molar-refractivity contribution in [2.45, 2.75) is 130 Å². The van der Waals surface area contributed by atoms with Crippen LogP contribution in [0.3, 0.4) is 0 Å². The molecule has 0 atom stereocenters. The minimum atomic E-state index is -0.266. The Balaban J connectivity index is 1.78. The molecule has 0 amide bonds. The average molecular weight is 656 g/mol. The van der Waals surface area contributed by atoms with Crippen molar-refractivity contribution in [3.05, 3.63) is 62.6 Å². The summed E-state index contributed by atoms with van der Waals surface area (Å²) in [4.78, 5) is 36.7. The highest BCUT2D eigenvalue weighted by molar-refractivity contribution is 7.99. The lowest BCUT2D eigenvalue weighted by Crippen LogP contribution is -2.18. The number of nitrogens with zero attached hydrogens (tertiary/aromatic N) is 1. The van der Waals surface area contributed by atoms with E-state index in [9.17, 15) is 19.6 Å². The van der Waals surface area contributed by atoms with E-state index in [1.165, 1.54) is 0 Å². The van der Waals surface area contributed by atoms with Crippen LogP contribution in [0.25, 0.3) is 0 Å². The number of hydrogen-bond acceptors (Lipinski definition) is 8. The van der Waals surface area contributed by atoms with Crippen LogP contribution in [0.1, 0.15) is 129 Å². The van der Waals surface area contributed by atoms with Crippen molar-refractivity contribution in [3.8, 4) is 5.75 Å². The largest absolute Gasteiger partial charge is 0.507 e. The van der Waals surface area contributed by atoms with Gasteiger partial charge in [-0.15, -0.1) is 4.91 Å². The van der Waals surface area contributed by atoms with E-state index in [-0.39, 0.29) is 46.4 Å². The Morgan fingerprint density at radius 3 is 1.26 bits per heavy atom. The highest BCUT2D eigenvalue weighted by Crippen LogP contribution is 2.41. The smallest absolute Gasteiger partial charge is 0.306 e. The number of hydrogen-bond donors (Lipinski definition) is 1. The Kier molecular flexibility index (Phi) is 13.5. The summed E-state index contributed by atoms with van der Waals surface area (Å²) in [6, 6.07) is 7.99. The summed E-state index contributed by atoms with van der Waals surface area (Å²) in [7, 11) is 0. The Labute approximate surface area is 281 Å². The molecule has 7 nitrogen and oxygen atoms in total. The van der Waals surface area contributed by atoms with Crippen molar-refractivity contribution in [1.82, 2.24) is 0 Å². The minimum Gasteiger partial charge on any atom is -0.507 e. The number of carbonyl (C=O) groups excluding carboxylic acids is 2. The van der Waals surface area contributed by atoms with Crippen molar-refractivity contribution in [1.29, 1.82) is 0 Å². The number of thioether (sulfide) groups is 1. The molecule has 0 spiro atoms. The fourth-order valence-corrected chi connectivity index (χ4v) is 5.84. The molecule has 0 aliphatic heterocycles. The first kappa shape index (κ1) is 39.3. The molecule has 2 aromatic rings. The molecule has 0 bridgehead atoms. The van der Waals surface area contributed by atoms with Crippen LogP contribution < -0.4 is 0 Å². The quantitative estimate of drug-likeness (QED) is 0.130. The van der Waals surface area contributed by atoms with Gasteiger partial charge in [-0.2, -0.15) is 11.8 Å². The van der Waals surface area contributed by atoms with Gasteiger partial charge in [0.25, 0.3) is 0 Å². The normalized spacial score (nSPS) is 12.6. The standard InChI is InChI=1S/C38H57NO6S/c1-35(2,3)27-21-25(22-28(33(27)39-43)36(4,5)6)13-15-31(40)44-17-19-46-20-18-45-32(41)16-14-26-23-29(37(7,8)9)34(42)30(24-26)38(10,11)12/h21-24,42H,13-20H2,1-12H3. The molecule has 1 N–H and O–H groups in total. The predicted octanol–water partition coefficient (Wildman–Crippen LogP) is 9.37. The van der Waals surface area contributed by atoms with Gasteiger partial charge in [0.2, 0.25) is 0 Å². The summed E-state index contributed by atoms with van der Waals surface area (Å²) in [5, 5.41) is 14.3. The second kappa shape index (κ2) is 15.8. The van der Waals surface area contributed by atoms with Crippen molar-refractivity contribution in [2.24, 2.45) is 5.18 Å². The second-order valence-electron chi connectivity index (χ2n) is 16.2. The maximum absolute atomic E-state index is 12.5. The molecule has 46 heavy (non-hydrogen) atoms. The topological polar surface area (TPSA) is 102 Å². The summed E-state index contributed by atoms with van der Waals surface area (Å²) >= 11 is 1.57. The molecule has 0 unspecified atom stereocenters. The third-order valence-electron chi connectivity index (χ3n) is 7.88. The molecule has 0 heterocycles. The first-order chi connectivity index (χ1) is 21.1. The van der Waals surface area contributed by atoms with Gasteiger partial charge >= 0.3 is 11.9 Å². The number of phenols is 1. The van der Waals surface area contributed by atoms with Gasteiger partial charge in [0.15, 0.2) is 0 Å². The van der Waals surface area contributed by atoms with E-state index in [4.69, 9.17) is 9.47 Å². The first-order valence-corrected chi connectivity index (χ1v) is 17.5. The summed E-state index contributed by atoms with van der Waals surface area (Å²) in [6.07, 6.45) is 1.58. The van der Waals surface area contributed by atoms with E-state index < -0.39 is 0 Å². The van der Waals surface area contributed by atoms with Gasteiger partial charge in [0.05, 0.1) is 0 Å². The molecule has 2 aromatic carbocycles. The van der Waals surface area contributed by atoms with Crippen LogP contribution >= 0.6 is 11.8 Å². The fourth-order valence-electron chi connectivity index (χ4n) is 5.23. The third kappa shape index (κ3) is 11.7. The molecular formula is C38H57NO6S. The van der Waals surface area contributed by atoms with Gasteiger partial charge in [-0.1, -0.05) is 107 Å². The molecule has 0 saturated carbocycles. The summed E-state index contributed by atoms with van der Waals surface area (Å²) < 4.78 is 10.9. The summed E-state index contributed by atoms with van der Waals surface area (Å²) in [6.45, 7) is 25.4. The number of esters is 2. The van der Waals surface area contributed by atoms with Crippen LogP contribution in [0.2, 0.25) is 0 Å². The molecule has 0 aromatic heterocycles. The van der Waals surface area contributed by atoms with E-state index in [0.717, 1.165) is 33.4 Å². The molecule has 0 saturated heterocycles. The maximum atomic E-state index is 12.5. The Bertz CT molecular complexity index is 1300. The zero-order chi connectivity index (χ0) is 35.1. The van der Waals surface area contributed by atoms with Crippen LogP contribution in [-0.4, -0.2) is 41.8 Å². The molecule has 0 radical (unpaired) electrons. The highest BCUT2D eigenvalue weighted by atomic mass is 32.2. The van der Waals surface area contributed by atoms with Gasteiger partial charge in [-0.3, -0.25) is 9.59 Å². The summed E-state index contributed by atoms with van der Waals surface area (Å²) in [5.41, 5.74) is 5.09. The van der Waals surface area contributed by atoms with Crippen LogP contribution in [0.4, 0.5) is 5.69 Å². The van der Waals surface area contributed by atoms with Crippen molar-refractivity contribution < 1.29 is 24.2 Å². The molecule has 0 aliphatic rings. The lowest BCUT2D eigenvalue weighted by molar-refractivity contribution is -0.143. The van der Waals surface area contributed by atoms with E-state index in [0.29, 0.717) is 49.0 Å². The number of aryl methyl sites for hydroxylation is 2. The average Bonchev–Trinajstić information content (AvgIpc) is 2.92. The van der Waals surface area contributed by atoms with Crippen LogP contribution in [0.15, 0.2) is 29.4 Å². The van der Waals surface area contributed by atoms with Gasteiger partial charge in [0.1, 0.15) is 24.7 Å². The summed E-state index contributed by atoms with van der Waals surface area (Å²) in [5.74, 6) is 1.05. The van der Waals surface area contributed by atoms with Gasteiger partial charge in [0, 0.05) is 24.3 Å². The van der Waals surface area contributed by atoms with Gasteiger partial charge in [-0.05, 0) is 73.1 Å². The highest BCUT2D eigenvalue weighted by Gasteiger charge is 2.28. The zero-order valence-corrected chi connectivity index (χ0v) is 31.1. The Hall–Kier alpha value is -2.87. The number of nitroso groups, excluding NO2 is 1. The molecule has 0 aliphatic carbocycles. The first-order valence-electron chi connectivity index (χ1n) is 16.3. The zero-order valence-electron chi connectivity index (χ0n) is 30.3. The van der Waals surface area contributed by atoms with E-state index in [2.05, 4.69) is 88.3 Å². The van der Waals surface area contributed by atoms with E-state index in [1.54, 1.807) is 11.8 Å². The monoisotopic (exact) mass is 655 g/mol. The second-order valence-corrected chi connectivity index (χ2v) is 17.4. The molecule has 0 fully saturated rings. The molecular weight excluding hydrogens is 598 g/mol. The number of rotatable bonds is 13. The van der Waals surface area contributed by atoms with E-state index >= 15 is 0 Å². The molecule has 256 valence electrons. The number of carbonyl (C=O) groups is 2. The van der Waals surface area contributed by atoms with Crippen molar-refractivity contribution in [2.75, 3.05) is 24.7 Å². The van der Waals surface area contributed by atoms with E-state index in [1.807, 2.05) is 24.3 Å². The van der Waals surface area contributed by atoms with Crippen molar-refractivity contribution in [3.63, 3.8) is 0 Å². The number of benzene rings is 2. The minimum absolute atomic E-state index is 0.222. The Morgan fingerprint density at radius 2 is 0.957 bits per heavy atom. The third-order valence-corrected chi connectivity index (χ3v) is 8.79. The van der Waals surface area contributed by atoms with Crippen molar-refractivity contribution >= 4 is 29.4 Å². The fraction of sp³-hybridized carbons (Fsp3) is 0.632. The molecule has 2 rings (SSSR count). The van der Waals surface area contributed by atoms with Crippen LogP contribution in [0, 0.1) is 4.91 Å². The molecule has 8 heteroatoms. The SMILES string of the molecule is CC(C)(C)c1cc(CCC(=O)OCCSCCOC(=O)CCc2cc(C(C)(C)C)c(N=O)c(C(C)(C)C)c2)cc(C(C)(C)C)c1O. The number of phenolic OH excluding ortho intramolecular Hbond substituents is 1. The van der Waals surface area contributed by atoms with Crippen LogP contribution in [-0.2, 0) is 53.6 Å². The van der Waals surface area contributed by atoms with Crippen LogP contribution in [0.5, 0.6) is 5.75 Å². The lowest BCUT2D eigenvalue weighted by Gasteiger charge is -2.28. The lowest BCUT2D eigenvalue weighted by atomic mass is 9.77.